The zero-order valence-electron chi connectivity index (χ0n) is 31.9. The molecule has 0 aliphatic heterocycles. The fourth-order valence-corrected chi connectivity index (χ4v) is 6.22. The standard InChI is InChI=1S/C48H56N2O4/c1-5-9-13-17-31-51-39-25-27-41(45(35-39)53-33-19-15-11-7-3)43-29-23-37-21-22-38-24-30-44(50-48(38)47(37)49-43)42-28-26-40(52-32-18-14-10-6-2)36-46(42)54-34-20-16-12-8-4/h5-8,21-30,35-36H,1-4,9-20,31-34H2. The van der Waals surface area contributed by atoms with E-state index in [9.17, 15) is 0 Å². The highest BCUT2D eigenvalue weighted by molar-refractivity contribution is 6.04. The molecule has 0 aliphatic rings. The average molecular weight is 725 g/mol. The van der Waals surface area contributed by atoms with Gasteiger partial charge >= 0.3 is 0 Å². The summed E-state index contributed by atoms with van der Waals surface area (Å²) >= 11 is 0. The van der Waals surface area contributed by atoms with Crippen molar-refractivity contribution in [2.75, 3.05) is 26.4 Å². The summed E-state index contributed by atoms with van der Waals surface area (Å²) < 4.78 is 25.0. The predicted octanol–water partition coefficient (Wildman–Crippen LogP) is 13.1. The maximum Gasteiger partial charge on any atom is 0.132 e. The van der Waals surface area contributed by atoms with E-state index in [4.69, 9.17) is 28.9 Å². The normalized spacial score (nSPS) is 11.0. The molecule has 6 nitrogen and oxygen atoms in total. The molecule has 2 heterocycles. The zero-order chi connectivity index (χ0) is 37.8. The van der Waals surface area contributed by atoms with Crippen molar-refractivity contribution in [3.05, 3.63) is 123 Å². The number of aromatic nitrogens is 2. The van der Waals surface area contributed by atoms with Gasteiger partial charge < -0.3 is 18.9 Å². The lowest BCUT2D eigenvalue weighted by Crippen LogP contribution is -2.02. The quantitative estimate of drug-likeness (QED) is 0.0321. The van der Waals surface area contributed by atoms with E-state index >= 15 is 0 Å². The van der Waals surface area contributed by atoms with E-state index in [0.29, 0.717) is 26.4 Å². The van der Waals surface area contributed by atoms with Crippen molar-refractivity contribution in [1.82, 2.24) is 9.97 Å². The van der Waals surface area contributed by atoms with Gasteiger partial charge in [0.05, 0.1) is 48.8 Å². The van der Waals surface area contributed by atoms with E-state index in [-0.39, 0.29) is 0 Å². The van der Waals surface area contributed by atoms with Crippen LogP contribution < -0.4 is 18.9 Å². The summed E-state index contributed by atoms with van der Waals surface area (Å²) in [5.41, 5.74) is 5.13. The molecule has 5 aromatic rings. The van der Waals surface area contributed by atoms with Gasteiger partial charge in [-0.2, -0.15) is 0 Å². The smallest absolute Gasteiger partial charge is 0.132 e. The minimum absolute atomic E-state index is 0.600. The molecule has 0 spiro atoms. The number of fused-ring (bicyclic) bond motifs is 3. The number of allylic oxidation sites excluding steroid dienone is 4. The molecular formula is C48H56N2O4. The van der Waals surface area contributed by atoms with Crippen LogP contribution >= 0.6 is 0 Å². The highest BCUT2D eigenvalue weighted by Crippen LogP contribution is 2.37. The summed E-state index contributed by atoms with van der Waals surface area (Å²) in [7, 11) is 0. The fraction of sp³-hybridized carbons (Fsp3) is 0.333. The third-order valence-electron chi connectivity index (χ3n) is 9.24. The minimum Gasteiger partial charge on any atom is -0.493 e. The molecule has 2 aromatic heterocycles. The lowest BCUT2D eigenvalue weighted by molar-refractivity contribution is 0.293. The average Bonchev–Trinajstić information content (AvgIpc) is 3.20. The van der Waals surface area contributed by atoms with E-state index in [1.807, 2.05) is 48.6 Å². The largest absolute Gasteiger partial charge is 0.493 e. The van der Waals surface area contributed by atoms with E-state index < -0.39 is 0 Å². The summed E-state index contributed by atoms with van der Waals surface area (Å²) in [5.74, 6) is 3.10. The van der Waals surface area contributed by atoms with Gasteiger partial charge in [-0.25, -0.2) is 9.97 Å². The zero-order valence-corrected chi connectivity index (χ0v) is 31.9. The van der Waals surface area contributed by atoms with Crippen molar-refractivity contribution >= 4 is 21.8 Å². The van der Waals surface area contributed by atoms with Crippen LogP contribution in [0, 0.1) is 0 Å². The van der Waals surface area contributed by atoms with Gasteiger partial charge in [-0.15, -0.1) is 26.3 Å². The number of hydrogen-bond donors (Lipinski definition) is 0. The Balaban J connectivity index is 1.47. The second kappa shape index (κ2) is 22.0. The van der Waals surface area contributed by atoms with Crippen LogP contribution in [0.1, 0.15) is 77.0 Å². The molecular weight excluding hydrogens is 669 g/mol. The molecule has 6 heteroatoms. The summed E-state index contributed by atoms with van der Waals surface area (Å²) in [5, 5.41) is 2.03. The molecule has 0 unspecified atom stereocenters. The molecule has 0 radical (unpaired) electrons. The molecule has 0 amide bonds. The van der Waals surface area contributed by atoms with Crippen LogP contribution in [0.4, 0.5) is 0 Å². The van der Waals surface area contributed by atoms with E-state index in [1.165, 1.54) is 0 Å². The molecule has 0 saturated heterocycles. The van der Waals surface area contributed by atoms with E-state index in [2.05, 4.69) is 74.8 Å². The lowest BCUT2D eigenvalue weighted by atomic mass is 10.0. The number of hydrogen-bond acceptors (Lipinski definition) is 6. The fourth-order valence-electron chi connectivity index (χ4n) is 6.22. The first-order valence-electron chi connectivity index (χ1n) is 19.6. The van der Waals surface area contributed by atoms with Crippen molar-refractivity contribution in [2.24, 2.45) is 0 Å². The molecule has 5 rings (SSSR count). The maximum absolute atomic E-state index is 6.40. The van der Waals surface area contributed by atoms with Gasteiger partial charge in [0.15, 0.2) is 0 Å². The molecule has 54 heavy (non-hydrogen) atoms. The number of pyridine rings is 2. The van der Waals surface area contributed by atoms with Crippen LogP contribution in [0.25, 0.3) is 44.3 Å². The molecule has 3 aromatic carbocycles. The van der Waals surface area contributed by atoms with Crippen LogP contribution in [0.3, 0.4) is 0 Å². The van der Waals surface area contributed by atoms with Gasteiger partial charge in [0.2, 0.25) is 0 Å². The SMILES string of the molecule is C=CCCCCOc1ccc(-c2ccc3ccc4ccc(-c5ccc(OCCCCC=C)cc5OCCCCC=C)nc4c3n2)c(OCCCCC=C)c1. The Kier molecular flexibility index (Phi) is 16.2. The van der Waals surface area contributed by atoms with Gasteiger partial charge in [0, 0.05) is 34.0 Å². The molecule has 282 valence electrons. The highest BCUT2D eigenvalue weighted by Gasteiger charge is 2.15. The predicted molar refractivity (Wildman–Crippen MR) is 226 cm³/mol. The van der Waals surface area contributed by atoms with Gasteiger partial charge in [-0.1, -0.05) is 48.6 Å². The van der Waals surface area contributed by atoms with Crippen LogP contribution in [-0.4, -0.2) is 36.4 Å². The van der Waals surface area contributed by atoms with Gasteiger partial charge in [0.25, 0.3) is 0 Å². The lowest BCUT2D eigenvalue weighted by Gasteiger charge is -2.15. The van der Waals surface area contributed by atoms with E-state index in [1.54, 1.807) is 0 Å². The number of ether oxygens (including phenoxy) is 4. The Morgan fingerprint density at radius 3 is 1.13 bits per heavy atom. The highest BCUT2D eigenvalue weighted by atomic mass is 16.5. The van der Waals surface area contributed by atoms with Crippen LogP contribution in [0.15, 0.2) is 123 Å². The molecule has 0 saturated carbocycles. The minimum atomic E-state index is 0.600. The first-order chi connectivity index (χ1) is 26.6. The second-order valence-electron chi connectivity index (χ2n) is 13.4. The van der Waals surface area contributed by atoms with Gasteiger partial charge in [-0.3, -0.25) is 0 Å². The third kappa shape index (κ3) is 11.6. The summed E-state index contributed by atoms with van der Waals surface area (Å²) in [4.78, 5) is 10.5. The van der Waals surface area contributed by atoms with Crippen LogP contribution in [-0.2, 0) is 0 Å². The van der Waals surface area contributed by atoms with Crippen LogP contribution in [0.5, 0.6) is 23.0 Å². The number of unbranched alkanes of at least 4 members (excludes halogenated alkanes) is 8. The molecule has 0 fully saturated rings. The topological polar surface area (TPSA) is 62.7 Å². The Labute approximate surface area is 322 Å². The number of nitrogens with zero attached hydrogens (tertiary/aromatic N) is 2. The second-order valence-corrected chi connectivity index (χ2v) is 13.4. The van der Waals surface area contributed by atoms with Gasteiger partial charge in [0.1, 0.15) is 23.0 Å². The Hall–Kier alpha value is -5.36. The van der Waals surface area contributed by atoms with Crippen molar-refractivity contribution < 1.29 is 18.9 Å². The first-order valence-corrected chi connectivity index (χ1v) is 19.6. The van der Waals surface area contributed by atoms with Gasteiger partial charge in [-0.05, 0) is 113 Å². The van der Waals surface area contributed by atoms with Crippen molar-refractivity contribution in [3.8, 4) is 45.5 Å². The van der Waals surface area contributed by atoms with Crippen molar-refractivity contribution in [1.29, 1.82) is 0 Å². The third-order valence-corrected chi connectivity index (χ3v) is 9.24. The van der Waals surface area contributed by atoms with Crippen molar-refractivity contribution in [2.45, 2.75) is 77.0 Å². The molecule has 0 bridgehead atoms. The first kappa shape index (κ1) is 39.8. The Bertz CT molecular complexity index is 1840. The van der Waals surface area contributed by atoms with Crippen molar-refractivity contribution in [3.63, 3.8) is 0 Å². The number of rotatable bonds is 26. The maximum atomic E-state index is 6.40. The Morgan fingerprint density at radius 2 is 0.759 bits per heavy atom. The Morgan fingerprint density at radius 1 is 0.407 bits per heavy atom. The van der Waals surface area contributed by atoms with Crippen LogP contribution in [0.2, 0.25) is 0 Å². The summed E-state index contributed by atoms with van der Waals surface area (Å²) in [6.07, 6.45) is 19.7. The summed E-state index contributed by atoms with van der Waals surface area (Å²) in [6, 6.07) is 24.7. The number of benzene rings is 3. The summed E-state index contributed by atoms with van der Waals surface area (Å²) in [6.45, 7) is 17.8. The molecule has 0 N–H and O–H groups in total. The molecule has 0 atom stereocenters. The van der Waals surface area contributed by atoms with E-state index in [0.717, 1.165) is 144 Å². The monoisotopic (exact) mass is 724 g/mol. The molecule has 0 aliphatic carbocycles.